The summed E-state index contributed by atoms with van der Waals surface area (Å²) in [6.45, 7) is 4.33. The van der Waals surface area contributed by atoms with Gasteiger partial charge in [0.1, 0.15) is 17.4 Å². The van der Waals surface area contributed by atoms with E-state index in [-0.39, 0.29) is 5.91 Å². The zero-order valence-electron chi connectivity index (χ0n) is 14.8. The van der Waals surface area contributed by atoms with Crippen LogP contribution < -0.4 is 15.0 Å². The highest BCUT2D eigenvalue weighted by atomic mass is 16.5. The molecule has 0 unspecified atom stereocenters. The van der Waals surface area contributed by atoms with Gasteiger partial charge < -0.3 is 15.0 Å². The summed E-state index contributed by atoms with van der Waals surface area (Å²) in [4.78, 5) is 23.7. The van der Waals surface area contributed by atoms with Gasteiger partial charge in [-0.15, -0.1) is 0 Å². The minimum Gasteiger partial charge on any atom is -0.497 e. The number of piperidine rings is 1. The van der Waals surface area contributed by atoms with E-state index in [1.54, 1.807) is 25.3 Å². The number of benzene rings is 1. The van der Waals surface area contributed by atoms with Crippen LogP contribution in [-0.4, -0.2) is 36.1 Å². The van der Waals surface area contributed by atoms with Crippen molar-refractivity contribution in [2.24, 2.45) is 0 Å². The average Bonchev–Trinajstić information content (AvgIpc) is 2.66. The topological polar surface area (TPSA) is 67.3 Å². The van der Waals surface area contributed by atoms with Crippen LogP contribution in [0.2, 0.25) is 0 Å². The Hall–Kier alpha value is -2.63. The van der Waals surface area contributed by atoms with Crippen molar-refractivity contribution in [2.45, 2.75) is 32.7 Å². The smallest absolute Gasteiger partial charge is 0.251 e. The number of hydrogen-bond acceptors (Lipinski definition) is 5. The number of nitrogens with zero attached hydrogens (tertiary/aromatic N) is 3. The monoisotopic (exact) mass is 340 g/mol. The molecule has 1 amide bonds. The third-order valence-corrected chi connectivity index (χ3v) is 4.31. The van der Waals surface area contributed by atoms with E-state index in [4.69, 9.17) is 4.74 Å². The number of ether oxygens (including phenoxy) is 1. The second kappa shape index (κ2) is 7.96. The summed E-state index contributed by atoms with van der Waals surface area (Å²) in [5.41, 5.74) is 1.48. The van der Waals surface area contributed by atoms with Crippen LogP contribution in [0, 0.1) is 6.92 Å². The van der Waals surface area contributed by atoms with E-state index in [1.807, 2.05) is 19.1 Å². The van der Waals surface area contributed by atoms with Gasteiger partial charge in [0, 0.05) is 30.4 Å². The number of aryl methyl sites for hydroxylation is 1. The summed E-state index contributed by atoms with van der Waals surface area (Å²) < 4.78 is 5.16. The number of carbonyl (C=O) groups is 1. The van der Waals surface area contributed by atoms with Crippen LogP contribution in [-0.2, 0) is 6.54 Å². The van der Waals surface area contributed by atoms with Crippen molar-refractivity contribution in [3.8, 4) is 5.75 Å². The molecule has 0 aliphatic carbocycles. The molecule has 1 aromatic heterocycles. The minimum absolute atomic E-state index is 0.163. The molecule has 0 saturated carbocycles. The Morgan fingerprint density at radius 3 is 2.76 bits per heavy atom. The van der Waals surface area contributed by atoms with Crippen LogP contribution in [0.5, 0.6) is 5.75 Å². The van der Waals surface area contributed by atoms with Gasteiger partial charge in [-0.3, -0.25) is 4.79 Å². The van der Waals surface area contributed by atoms with Gasteiger partial charge in [0.25, 0.3) is 5.91 Å². The zero-order chi connectivity index (χ0) is 17.6. The van der Waals surface area contributed by atoms with Crippen LogP contribution >= 0.6 is 0 Å². The Balaban J connectivity index is 1.67. The predicted molar refractivity (Wildman–Crippen MR) is 97.0 cm³/mol. The molecule has 1 aliphatic rings. The third kappa shape index (κ3) is 4.47. The molecule has 25 heavy (non-hydrogen) atoms. The molecule has 3 rings (SSSR count). The highest BCUT2D eigenvalue weighted by Gasteiger charge is 2.14. The fraction of sp³-hybridized carbons (Fsp3) is 0.421. The van der Waals surface area contributed by atoms with E-state index >= 15 is 0 Å². The number of carbonyl (C=O) groups excluding carboxylic acids is 1. The van der Waals surface area contributed by atoms with Crippen molar-refractivity contribution in [3.05, 3.63) is 47.4 Å². The molecular weight excluding hydrogens is 316 g/mol. The lowest BCUT2D eigenvalue weighted by molar-refractivity contribution is 0.0949. The summed E-state index contributed by atoms with van der Waals surface area (Å²) in [5.74, 6) is 2.09. The molecule has 1 aromatic carbocycles. The Kier molecular flexibility index (Phi) is 5.48. The Bertz CT molecular complexity index is 742. The Morgan fingerprint density at radius 2 is 2.00 bits per heavy atom. The number of nitrogens with one attached hydrogen (secondary N) is 1. The molecular formula is C19H24N4O2. The maximum atomic E-state index is 12.3. The van der Waals surface area contributed by atoms with Gasteiger partial charge in [0.15, 0.2) is 0 Å². The third-order valence-electron chi connectivity index (χ3n) is 4.31. The van der Waals surface area contributed by atoms with Crippen molar-refractivity contribution in [3.63, 3.8) is 0 Å². The second-order valence-electron chi connectivity index (χ2n) is 6.25. The van der Waals surface area contributed by atoms with Gasteiger partial charge in [-0.25, -0.2) is 9.97 Å². The van der Waals surface area contributed by atoms with Crippen LogP contribution in [0.1, 0.15) is 41.1 Å². The average molecular weight is 340 g/mol. The van der Waals surface area contributed by atoms with Gasteiger partial charge in [-0.1, -0.05) is 6.07 Å². The number of hydrogen-bond donors (Lipinski definition) is 1. The zero-order valence-corrected chi connectivity index (χ0v) is 14.8. The molecule has 2 aromatic rings. The van der Waals surface area contributed by atoms with E-state index in [0.29, 0.717) is 23.7 Å². The quantitative estimate of drug-likeness (QED) is 0.906. The van der Waals surface area contributed by atoms with Crippen molar-refractivity contribution in [1.82, 2.24) is 15.3 Å². The molecule has 1 aliphatic heterocycles. The first-order valence-electron chi connectivity index (χ1n) is 8.67. The van der Waals surface area contributed by atoms with Gasteiger partial charge in [0.2, 0.25) is 0 Å². The maximum absolute atomic E-state index is 12.3. The normalized spacial score (nSPS) is 14.2. The van der Waals surface area contributed by atoms with E-state index in [1.165, 1.54) is 19.3 Å². The molecule has 6 heteroatoms. The highest BCUT2D eigenvalue weighted by Crippen LogP contribution is 2.18. The Labute approximate surface area is 148 Å². The van der Waals surface area contributed by atoms with Crippen LogP contribution in [0.4, 0.5) is 5.82 Å². The molecule has 6 nitrogen and oxygen atoms in total. The second-order valence-corrected chi connectivity index (χ2v) is 6.25. The fourth-order valence-electron chi connectivity index (χ4n) is 3.00. The first-order chi connectivity index (χ1) is 12.2. The number of anilines is 1. The van der Waals surface area contributed by atoms with E-state index in [2.05, 4.69) is 20.2 Å². The minimum atomic E-state index is -0.163. The fourth-order valence-corrected chi connectivity index (χ4v) is 3.00. The summed E-state index contributed by atoms with van der Waals surface area (Å²) in [6, 6.07) is 9.09. The lowest BCUT2D eigenvalue weighted by Gasteiger charge is -2.28. The highest BCUT2D eigenvalue weighted by molar-refractivity contribution is 5.94. The SMILES string of the molecule is COc1cccc(C(=O)NCc2nc(C)cc(N3CCCCC3)n2)c1. The molecule has 0 radical (unpaired) electrons. The first-order valence-corrected chi connectivity index (χ1v) is 8.67. The van der Waals surface area contributed by atoms with Crippen LogP contribution in [0.3, 0.4) is 0 Å². The number of rotatable bonds is 5. The van der Waals surface area contributed by atoms with E-state index in [9.17, 15) is 4.79 Å². The summed E-state index contributed by atoms with van der Waals surface area (Å²) in [6.07, 6.45) is 3.68. The van der Waals surface area contributed by atoms with Crippen molar-refractivity contribution in [1.29, 1.82) is 0 Å². The van der Waals surface area contributed by atoms with Gasteiger partial charge >= 0.3 is 0 Å². The Morgan fingerprint density at radius 1 is 1.20 bits per heavy atom. The molecule has 2 heterocycles. The van der Waals surface area contributed by atoms with Crippen molar-refractivity contribution >= 4 is 11.7 Å². The molecule has 1 N–H and O–H groups in total. The van der Waals surface area contributed by atoms with Gasteiger partial charge in [-0.05, 0) is 44.4 Å². The molecule has 132 valence electrons. The predicted octanol–water partition coefficient (Wildman–Crippen LogP) is 2.71. The molecule has 0 bridgehead atoms. The first kappa shape index (κ1) is 17.2. The van der Waals surface area contributed by atoms with E-state index in [0.717, 1.165) is 24.6 Å². The summed E-state index contributed by atoms with van der Waals surface area (Å²) in [5, 5.41) is 2.89. The largest absolute Gasteiger partial charge is 0.497 e. The number of methoxy groups -OCH3 is 1. The maximum Gasteiger partial charge on any atom is 0.251 e. The standard InChI is InChI=1S/C19H24N4O2/c1-14-11-18(23-9-4-3-5-10-23)22-17(21-14)13-20-19(24)15-7-6-8-16(12-15)25-2/h6-8,11-12H,3-5,9-10,13H2,1-2H3,(H,20,24). The number of aromatic nitrogens is 2. The van der Waals surface area contributed by atoms with Crippen LogP contribution in [0.25, 0.3) is 0 Å². The summed E-state index contributed by atoms with van der Waals surface area (Å²) in [7, 11) is 1.58. The van der Waals surface area contributed by atoms with E-state index < -0.39 is 0 Å². The van der Waals surface area contributed by atoms with Crippen LogP contribution in [0.15, 0.2) is 30.3 Å². The lowest BCUT2D eigenvalue weighted by Crippen LogP contribution is -2.31. The molecule has 1 saturated heterocycles. The molecule has 0 atom stereocenters. The van der Waals surface area contributed by atoms with Gasteiger partial charge in [0.05, 0.1) is 13.7 Å². The molecule has 0 spiro atoms. The van der Waals surface area contributed by atoms with Crippen molar-refractivity contribution in [2.75, 3.05) is 25.1 Å². The number of amides is 1. The summed E-state index contributed by atoms with van der Waals surface area (Å²) >= 11 is 0. The lowest BCUT2D eigenvalue weighted by atomic mass is 10.1. The molecule has 1 fully saturated rings. The van der Waals surface area contributed by atoms with Crippen molar-refractivity contribution < 1.29 is 9.53 Å². The van der Waals surface area contributed by atoms with Gasteiger partial charge in [-0.2, -0.15) is 0 Å².